The molecule has 3 nitrogen and oxygen atoms in total. The van der Waals surface area contributed by atoms with Crippen LogP contribution in [0.15, 0.2) is 30.5 Å². The molecule has 1 fully saturated rings. The van der Waals surface area contributed by atoms with Crippen molar-refractivity contribution < 1.29 is 0 Å². The SMILES string of the molecule is CCCc1ccc(-c2cnc(C3CCCCN3)[nH]2)cc1. The average molecular weight is 269 g/mol. The summed E-state index contributed by atoms with van der Waals surface area (Å²) in [7, 11) is 0. The standard InChI is InChI=1S/C17H23N3/c1-2-5-13-7-9-14(10-8-13)16-12-19-17(20-16)15-6-3-4-11-18-15/h7-10,12,15,18H,2-6,11H2,1H3,(H,19,20). The number of aromatic nitrogens is 2. The van der Waals surface area contributed by atoms with Crippen LogP contribution in [-0.4, -0.2) is 16.5 Å². The lowest BCUT2D eigenvalue weighted by Crippen LogP contribution is -2.27. The van der Waals surface area contributed by atoms with Crippen molar-refractivity contribution >= 4 is 0 Å². The number of hydrogen-bond acceptors (Lipinski definition) is 2. The molecular weight excluding hydrogens is 246 g/mol. The summed E-state index contributed by atoms with van der Waals surface area (Å²) < 4.78 is 0. The Morgan fingerprint density at radius 2 is 2.05 bits per heavy atom. The molecule has 0 saturated carbocycles. The highest BCUT2D eigenvalue weighted by molar-refractivity contribution is 5.58. The molecule has 1 aliphatic rings. The second-order valence-electron chi connectivity index (χ2n) is 5.63. The van der Waals surface area contributed by atoms with Crippen LogP contribution in [0.1, 0.15) is 50.0 Å². The Labute approximate surface area is 120 Å². The van der Waals surface area contributed by atoms with Crippen molar-refractivity contribution in [2.45, 2.75) is 45.1 Å². The zero-order valence-electron chi connectivity index (χ0n) is 12.2. The number of piperidine rings is 1. The van der Waals surface area contributed by atoms with Crippen molar-refractivity contribution in [1.29, 1.82) is 0 Å². The molecule has 0 spiro atoms. The number of nitrogens with zero attached hydrogens (tertiary/aromatic N) is 1. The third-order valence-corrected chi connectivity index (χ3v) is 4.04. The van der Waals surface area contributed by atoms with E-state index >= 15 is 0 Å². The molecular formula is C17H23N3. The van der Waals surface area contributed by atoms with Gasteiger partial charge < -0.3 is 10.3 Å². The molecule has 0 radical (unpaired) electrons. The van der Waals surface area contributed by atoms with E-state index in [1.54, 1.807) is 0 Å². The van der Waals surface area contributed by atoms with E-state index in [0.29, 0.717) is 6.04 Å². The molecule has 2 N–H and O–H groups in total. The molecule has 3 heteroatoms. The van der Waals surface area contributed by atoms with Gasteiger partial charge in [0.15, 0.2) is 0 Å². The van der Waals surface area contributed by atoms with Gasteiger partial charge in [-0.15, -0.1) is 0 Å². The number of hydrogen-bond donors (Lipinski definition) is 2. The summed E-state index contributed by atoms with van der Waals surface area (Å²) >= 11 is 0. The minimum absolute atomic E-state index is 0.400. The Hall–Kier alpha value is -1.61. The number of benzene rings is 1. The van der Waals surface area contributed by atoms with Crippen LogP contribution in [0.2, 0.25) is 0 Å². The van der Waals surface area contributed by atoms with Gasteiger partial charge in [-0.25, -0.2) is 4.98 Å². The fraction of sp³-hybridized carbons (Fsp3) is 0.471. The Morgan fingerprint density at radius 1 is 1.20 bits per heavy atom. The summed E-state index contributed by atoms with van der Waals surface area (Å²) in [4.78, 5) is 8.03. The first kappa shape index (κ1) is 13.4. The molecule has 0 aliphatic carbocycles. The number of aryl methyl sites for hydroxylation is 1. The van der Waals surface area contributed by atoms with Gasteiger partial charge in [0.1, 0.15) is 5.82 Å². The average Bonchev–Trinajstić information content (AvgIpc) is 2.99. The van der Waals surface area contributed by atoms with E-state index in [9.17, 15) is 0 Å². The third-order valence-electron chi connectivity index (χ3n) is 4.04. The first-order valence-corrected chi connectivity index (χ1v) is 7.74. The van der Waals surface area contributed by atoms with Crippen LogP contribution in [0, 0.1) is 0 Å². The largest absolute Gasteiger partial charge is 0.341 e. The summed E-state index contributed by atoms with van der Waals surface area (Å²) in [6, 6.07) is 9.22. The van der Waals surface area contributed by atoms with Crippen molar-refractivity contribution in [1.82, 2.24) is 15.3 Å². The molecule has 1 aliphatic heterocycles. The molecule has 0 bridgehead atoms. The van der Waals surface area contributed by atoms with Crippen molar-refractivity contribution in [3.8, 4) is 11.3 Å². The van der Waals surface area contributed by atoms with Gasteiger partial charge in [-0.1, -0.05) is 44.0 Å². The predicted octanol–water partition coefficient (Wildman–Crippen LogP) is 3.84. The van der Waals surface area contributed by atoms with Crippen LogP contribution in [0.4, 0.5) is 0 Å². The fourth-order valence-electron chi connectivity index (χ4n) is 2.89. The van der Waals surface area contributed by atoms with E-state index in [2.05, 4.69) is 46.5 Å². The van der Waals surface area contributed by atoms with Crippen molar-refractivity contribution in [3.05, 3.63) is 41.9 Å². The summed E-state index contributed by atoms with van der Waals surface area (Å²) in [6.45, 7) is 3.32. The second-order valence-corrected chi connectivity index (χ2v) is 5.63. The third kappa shape index (κ3) is 2.93. The number of imidazole rings is 1. The Kier molecular flexibility index (Phi) is 4.16. The minimum Gasteiger partial charge on any atom is -0.341 e. The minimum atomic E-state index is 0.400. The summed E-state index contributed by atoms with van der Waals surface area (Å²) in [5.74, 6) is 1.08. The highest BCUT2D eigenvalue weighted by Gasteiger charge is 2.17. The molecule has 1 atom stereocenters. The smallest absolute Gasteiger partial charge is 0.123 e. The molecule has 0 amide bonds. The van der Waals surface area contributed by atoms with Gasteiger partial charge in [-0.05, 0) is 36.9 Å². The zero-order chi connectivity index (χ0) is 13.8. The second kappa shape index (κ2) is 6.23. The number of H-pyrrole nitrogens is 1. The fourth-order valence-corrected chi connectivity index (χ4v) is 2.89. The van der Waals surface area contributed by atoms with Crippen molar-refractivity contribution in [2.24, 2.45) is 0 Å². The van der Waals surface area contributed by atoms with Crippen molar-refractivity contribution in [3.63, 3.8) is 0 Å². The first-order valence-electron chi connectivity index (χ1n) is 7.74. The maximum absolute atomic E-state index is 4.56. The van der Waals surface area contributed by atoms with Gasteiger partial charge in [-0.3, -0.25) is 0 Å². The monoisotopic (exact) mass is 269 g/mol. The van der Waals surface area contributed by atoms with Gasteiger partial charge in [0.2, 0.25) is 0 Å². The maximum Gasteiger partial charge on any atom is 0.123 e. The summed E-state index contributed by atoms with van der Waals surface area (Å²) in [6.07, 6.45) is 8.06. The van der Waals surface area contributed by atoms with E-state index in [4.69, 9.17) is 0 Å². The molecule has 1 unspecified atom stereocenters. The van der Waals surface area contributed by atoms with E-state index in [1.807, 2.05) is 6.20 Å². The van der Waals surface area contributed by atoms with E-state index in [1.165, 1.54) is 36.8 Å². The molecule has 2 heterocycles. The number of rotatable bonds is 4. The van der Waals surface area contributed by atoms with Crippen LogP contribution in [0.25, 0.3) is 11.3 Å². The molecule has 106 valence electrons. The molecule has 2 aromatic rings. The first-order chi connectivity index (χ1) is 9.86. The quantitative estimate of drug-likeness (QED) is 0.885. The normalized spacial score (nSPS) is 19.1. The van der Waals surface area contributed by atoms with Crippen molar-refractivity contribution in [2.75, 3.05) is 6.54 Å². The van der Waals surface area contributed by atoms with Crippen LogP contribution in [-0.2, 0) is 6.42 Å². The highest BCUT2D eigenvalue weighted by atomic mass is 15.0. The van der Waals surface area contributed by atoms with Gasteiger partial charge in [0.05, 0.1) is 17.9 Å². The van der Waals surface area contributed by atoms with Gasteiger partial charge in [0.25, 0.3) is 0 Å². The van der Waals surface area contributed by atoms with Crippen LogP contribution in [0.5, 0.6) is 0 Å². The maximum atomic E-state index is 4.56. The predicted molar refractivity (Wildman–Crippen MR) is 82.6 cm³/mol. The molecule has 20 heavy (non-hydrogen) atoms. The van der Waals surface area contributed by atoms with E-state index in [0.717, 1.165) is 24.5 Å². The summed E-state index contributed by atoms with van der Waals surface area (Å²) in [5, 5.41) is 3.53. The lowest BCUT2D eigenvalue weighted by Gasteiger charge is -2.21. The number of nitrogens with one attached hydrogen (secondary N) is 2. The molecule has 1 aromatic heterocycles. The number of aromatic amines is 1. The van der Waals surface area contributed by atoms with E-state index in [-0.39, 0.29) is 0 Å². The van der Waals surface area contributed by atoms with Gasteiger partial charge in [-0.2, -0.15) is 0 Å². The van der Waals surface area contributed by atoms with Gasteiger partial charge >= 0.3 is 0 Å². The topological polar surface area (TPSA) is 40.7 Å². The van der Waals surface area contributed by atoms with E-state index < -0.39 is 0 Å². The molecule has 1 aromatic carbocycles. The van der Waals surface area contributed by atoms with Crippen LogP contribution in [0.3, 0.4) is 0 Å². The Morgan fingerprint density at radius 3 is 2.75 bits per heavy atom. The summed E-state index contributed by atoms with van der Waals surface area (Å²) in [5.41, 5.74) is 3.75. The lowest BCUT2D eigenvalue weighted by molar-refractivity contribution is 0.399. The molecule has 1 saturated heterocycles. The van der Waals surface area contributed by atoms with Crippen LogP contribution < -0.4 is 5.32 Å². The van der Waals surface area contributed by atoms with Gasteiger partial charge in [0, 0.05) is 0 Å². The highest BCUT2D eigenvalue weighted by Crippen LogP contribution is 2.24. The lowest BCUT2D eigenvalue weighted by atomic mass is 10.0. The molecule has 3 rings (SSSR count). The zero-order valence-corrected chi connectivity index (χ0v) is 12.2. The Balaban J connectivity index is 1.75. The van der Waals surface area contributed by atoms with Crippen LogP contribution >= 0.6 is 0 Å². The Bertz CT molecular complexity index is 536.